The first-order chi connectivity index (χ1) is 12.8. The van der Waals surface area contributed by atoms with E-state index >= 15 is 0 Å². The molecule has 2 fully saturated rings. The maximum Gasteiger partial charge on any atom is 0.227 e. The van der Waals surface area contributed by atoms with Gasteiger partial charge in [-0.1, -0.05) is 12.8 Å². The van der Waals surface area contributed by atoms with Gasteiger partial charge in [0.1, 0.15) is 5.82 Å². The molecule has 0 amide bonds. The molecule has 0 atom stereocenters. The molecular weight excluding hydrogens is 326 g/mol. The van der Waals surface area contributed by atoms with Gasteiger partial charge in [-0.3, -0.25) is 0 Å². The number of nitrogens with zero attached hydrogens (tertiary/aromatic N) is 7. The lowest BCUT2D eigenvalue weighted by molar-refractivity contribution is 0.626. The highest BCUT2D eigenvalue weighted by Crippen LogP contribution is 2.22. The molecule has 2 aromatic heterocycles. The van der Waals surface area contributed by atoms with Crippen molar-refractivity contribution in [1.29, 1.82) is 0 Å². The highest BCUT2D eigenvalue weighted by molar-refractivity contribution is 5.47. The third-order valence-corrected chi connectivity index (χ3v) is 5.16. The van der Waals surface area contributed by atoms with Crippen LogP contribution in [0.2, 0.25) is 0 Å². The van der Waals surface area contributed by atoms with Gasteiger partial charge in [-0.2, -0.15) is 4.98 Å². The molecule has 2 aromatic rings. The van der Waals surface area contributed by atoms with Gasteiger partial charge in [0.15, 0.2) is 0 Å². The van der Waals surface area contributed by atoms with Crippen molar-refractivity contribution >= 4 is 17.7 Å². The Kier molecular flexibility index (Phi) is 5.13. The first-order valence-corrected chi connectivity index (χ1v) is 9.67. The Hall–Kier alpha value is -2.44. The number of aryl methyl sites for hydroxylation is 1. The van der Waals surface area contributed by atoms with E-state index in [1.165, 1.54) is 25.7 Å². The number of piperazine rings is 1. The molecule has 4 heterocycles. The van der Waals surface area contributed by atoms with Crippen molar-refractivity contribution in [3.63, 3.8) is 0 Å². The quantitative estimate of drug-likeness (QED) is 0.839. The Labute approximate surface area is 155 Å². The summed E-state index contributed by atoms with van der Waals surface area (Å²) in [6, 6.07) is 3.98. The van der Waals surface area contributed by atoms with Gasteiger partial charge < -0.3 is 14.7 Å². The summed E-state index contributed by atoms with van der Waals surface area (Å²) in [7, 11) is 0. The zero-order valence-corrected chi connectivity index (χ0v) is 15.5. The van der Waals surface area contributed by atoms with E-state index in [0.717, 1.165) is 62.7 Å². The van der Waals surface area contributed by atoms with Crippen LogP contribution in [0.4, 0.5) is 17.7 Å². The molecular formula is C19H27N7. The van der Waals surface area contributed by atoms with Crippen molar-refractivity contribution in [2.45, 2.75) is 32.6 Å². The van der Waals surface area contributed by atoms with Gasteiger partial charge in [-0.25, -0.2) is 15.0 Å². The summed E-state index contributed by atoms with van der Waals surface area (Å²) in [5.41, 5.74) is 1.04. The molecule has 0 spiro atoms. The average molecular weight is 353 g/mol. The number of rotatable bonds is 3. The molecule has 7 nitrogen and oxygen atoms in total. The van der Waals surface area contributed by atoms with Gasteiger partial charge in [0.05, 0.1) is 0 Å². The Morgan fingerprint density at radius 1 is 0.692 bits per heavy atom. The predicted octanol–water partition coefficient (Wildman–Crippen LogP) is 2.28. The van der Waals surface area contributed by atoms with Gasteiger partial charge in [0.25, 0.3) is 0 Å². The molecule has 2 saturated heterocycles. The smallest absolute Gasteiger partial charge is 0.227 e. The fraction of sp³-hybridized carbons (Fsp3) is 0.579. The summed E-state index contributed by atoms with van der Waals surface area (Å²) in [5.74, 6) is 2.75. The number of hydrogen-bond acceptors (Lipinski definition) is 7. The molecule has 0 bridgehead atoms. The zero-order valence-electron chi connectivity index (χ0n) is 15.5. The second-order valence-electron chi connectivity index (χ2n) is 7.09. The highest BCUT2D eigenvalue weighted by atomic mass is 15.4. The summed E-state index contributed by atoms with van der Waals surface area (Å²) in [6.07, 6.45) is 8.77. The highest BCUT2D eigenvalue weighted by Gasteiger charge is 2.22. The lowest BCUT2D eigenvalue weighted by atomic mass is 10.2. The van der Waals surface area contributed by atoms with E-state index in [9.17, 15) is 0 Å². The maximum absolute atomic E-state index is 4.91. The summed E-state index contributed by atoms with van der Waals surface area (Å²) < 4.78 is 0. The molecule has 2 aliphatic heterocycles. The summed E-state index contributed by atoms with van der Waals surface area (Å²) in [5, 5.41) is 0. The molecule has 0 saturated carbocycles. The van der Waals surface area contributed by atoms with Crippen molar-refractivity contribution in [2.75, 3.05) is 54.0 Å². The number of aromatic nitrogens is 4. The maximum atomic E-state index is 4.91. The van der Waals surface area contributed by atoms with Gasteiger partial charge >= 0.3 is 0 Å². The fourth-order valence-corrected chi connectivity index (χ4v) is 3.70. The molecule has 138 valence electrons. The van der Waals surface area contributed by atoms with Crippen LogP contribution in [-0.2, 0) is 0 Å². The third-order valence-electron chi connectivity index (χ3n) is 5.16. The van der Waals surface area contributed by atoms with Crippen LogP contribution in [0.15, 0.2) is 24.5 Å². The third kappa shape index (κ3) is 3.86. The van der Waals surface area contributed by atoms with Crippen LogP contribution < -0.4 is 14.7 Å². The van der Waals surface area contributed by atoms with Crippen LogP contribution in [0.1, 0.15) is 31.4 Å². The number of hydrogen-bond donors (Lipinski definition) is 0. The standard InChI is InChI=1S/C19H27N7/c1-16-15-17(24-9-4-2-3-5-10-24)23-19(22-16)26-13-11-25(12-14-26)18-20-7-6-8-21-18/h6-8,15H,2-5,9-14H2,1H3. The van der Waals surface area contributed by atoms with E-state index in [0.29, 0.717) is 0 Å². The molecule has 0 radical (unpaired) electrons. The van der Waals surface area contributed by atoms with Crippen LogP contribution in [0, 0.1) is 6.92 Å². The minimum atomic E-state index is 0.808. The predicted molar refractivity (Wildman–Crippen MR) is 104 cm³/mol. The first-order valence-electron chi connectivity index (χ1n) is 9.67. The van der Waals surface area contributed by atoms with E-state index in [4.69, 9.17) is 9.97 Å². The van der Waals surface area contributed by atoms with Gasteiger partial charge in [-0.15, -0.1) is 0 Å². The van der Waals surface area contributed by atoms with Crippen LogP contribution in [0.25, 0.3) is 0 Å². The summed E-state index contributed by atoms with van der Waals surface area (Å²) >= 11 is 0. The van der Waals surface area contributed by atoms with Gasteiger partial charge in [-0.05, 0) is 25.8 Å². The van der Waals surface area contributed by atoms with Crippen molar-refractivity contribution < 1.29 is 0 Å². The summed E-state index contributed by atoms with van der Waals surface area (Å²) in [4.78, 5) is 25.3. The number of anilines is 3. The van der Waals surface area contributed by atoms with Crippen LogP contribution in [0.5, 0.6) is 0 Å². The van der Waals surface area contributed by atoms with E-state index in [1.807, 2.05) is 6.07 Å². The Morgan fingerprint density at radius 2 is 1.31 bits per heavy atom. The molecule has 0 aromatic carbocycles. The monoisotopic (exact) mass is 353 g/mol. The van der Waals surface area contributed by atoms with Gasteiger partial charge in [0.2, 0.25) is 11.9 Å². The minimum Gasteiger partial charge on any atom is -0.356 e. The van der Waals surface area contributed by atoms with Crippen LogP contribution >= 0.6 is 0 Å². The normalized spacial score (nSPS) is 18.7. The van der Waals surface area contributed by atoms with Crippen molar-refractivity contribution in [3.05, 3.63) is 30.2 Å². The SMILES string of the molecule is Cc1cc(N2CCCCCC2)nc(N2CCN(c3ncccn3)CC2)n1. The topological polar surface area (TPSA) is 61.3 Å². The molecule has 2 aliphatic rings. The Balaban J connectivity index is 1.46. The van der Waals surface area contributed by atoms with Crippen molar-refractivity contribution in [3.8, 4) is 0 Å². The summed E-state index contributed by atoms with van der Waals surface area (Å²) in [6.45, 7) is 7.84. The minimum absolute atomic E-state index is 0.808. The lowest BCUT2D eigenvalue weighted by Crippen LogP contribution is -2.47. The second-order valence-corrected chi connectivity index (χ2v) is 7.09. The molecule has 26 heavy (non-hydrogen) atoms. The fourth-order valence-electron chi connectivity index (χ4n) is 3.70. The van der Waals surface area contributed by atoms with Crippen molar-refractivity contribution in [2.24, 2.45) is 0 Å². The largest absolute Gasteiger partial charge is 0.356 e. The average Bonchev–Trinajstić information content (AvgIpc) is 2.98. The van der Waals surface area contributed by atoms with E-state index < -0.39 is 0 Å². The zero-order chi connectivity index (χ0) is 17.8. The second kappa shape index (κ2) is 7.85. The van der Waals surface area contributed by atoms with E-state index in [1.54, 1.807) is 12.4 Å². The Morgan fingerprint density at radius 3 is 1.96 bits per heavy atom. The Bertz CT molecular complexity index is 705. The van der Waals surface area contributed by atoms with Crippen LogP contribution in [-0.4, -0.2) is 59.2 Å². The molecule has 7 heteroatoms. The van der Waals surface area contributed by atoms with Crippen LogP contribution in [0.3, 0.4) is 0 Å². The van der Waals surface area contributed by atoms with E-state index in [-0.39, 0.29) is 0 Å². The molecule has 0 unspecified atom stereocenters. The first kappa shape index (κ1) is 17.0. The van der Waals surface area contributed by atoms with E-state index in [2.05, 4.69) is 37.7 Å². The molecule has 0 aliphatic carbocycles. The van der Waals surface area contributed by atoms with Gasteiger partial charge in [0, 0.05) is 63.4 Å². The molecule has 4 rings (SSSR count). The van der Waals surface area contributed by atoms with Crippen molar-refractivity contribution in [1.82, 2.24) is 19.9 Å². The molecule has 0 N–H and O–H groups in total. The lowest BCUT2D eigenvalue weighted by Gasteiger charge is -2.35.